The number of hydrogen-bond donors (Lipinski definition) is 1. The summed E-state index contributed by atoms with van der Waals surface area (Å²) in [5, 5.41) is 11.8. The quantitative estimate of drug-likeness (QED) is 0.384. The molecule has 6 atom stereocenters. The largest absolute Gasteiger partial charge is 0.413 e. The first kappa shape index (κ1) is 30.2. The lowest BCUT2D eigenvalue weighted by molar-refractivity contribution is -0.220. The maximum Gasteiger partial charge on any atom is 0.192 e. The zero-order chi connectivity index (χ0) is 26.8. The molecule has 1 N–H and O–H groups in total. The molecular weight excluding hydrogens is 561 g/mol. The lowest BCUT2D eigenvalue weighted by Crippen LogP contribution is -2.60. The number of rotatable bonds is 9. The lowest BCUT2D eigenvalue weighted by Gasteiger charge is -2.49. The lowest BCUT2D eigenvalue weighted by atomic mass is 9.76. The van der Waals surface area contributed by atoms with Gasteiger partial charge in [-0.15, -0.1) is 0 Å². The van der Waals surface area contributed by atoms with Crippen molar-refractivity contribution in [3.8, 4) is 0 Å². The van der Waals surface area contributed by atoms with Gasteiger partial charge in [-0.1, -0.05) is 20.8 Å². The first-order valence-corrected chi connectivity index (χ1v) is 20.6. The molecule has 0 aliphatic carbocycles. The highest BCUT2D eigenvalue weighted by atomic mass is 32.2. The molecule has 0 aromatic carbocycles. The highest BCUT2D eigenvalue weighted by Gasteiger charge is 2.57. The summed E-state index contributed by atoms with van der Waals surface area (Å²) in [7, 11) is -2.04. The molecule has 218 valence electrons. The standard InChI is InChI=1S/C27H46O7S3Si/c1-4-38(5-2,6-3)34-25(22-18-36-14-8-27(22)32-11-12-33-27)20-16-37-15-19(23(20)28)24(29)21-17-35-13-7-26(21)30-9-10-31-26/h19-22,24-25,29H,4-18H2,1-3H3/t19-,20-,21-,22-,24+,25-/m1/s1. The molecular formula is C27H46O7S3Si. The van der Waals surface area contributed by atoms with E-state index in [4.69, 9.17) is 23.4 Å². The van der Waals surface area contributed by atoms with Crippen LogP contribution in [0.15, 0.2) is 0 Å². The van der Waals surface area contributed by atoms with Gasteiger partial charge in [0.2, 0.25) is 0 Å². The van der Waals surface area contributed by atoms with Crippen molar-refractivity contribution < 1.29 is 33.3 Å². The van der Waals surface area contributed by atoms with Gasteiger partial charge in [-0.3, -0.25) is 4.79 Å². The summed E-state index contributed by atoms with van der Waals surface area (Å²) in [5.41, 5.74) is 0. The molecule has 5 saturated heterocycles. The Morgan fingerprint density at radius 2 is 1.32 bits per heavy atom. The fraction of sp³-hybridized carbons (Fsp3) is 0.963. The molecule has 5 aliphatic rings. The van der Waals surface area contributed by atoms with Gasteiger partial charge in [0.1, 0.15) is 5.78 Å². The Bertz CT molecular complexity index is 795. The molecule has 11 heteroatoms. The minimum absolute atomic E-state index is 0.00351. The van der Waals surface area contributed by atoms with E-state index in [1.54, 1.807) is 11.8 Å². The van der Waals surface area contributed by atoms with Crippen molar-refractivity contribution in [3.05, 3.63) is 0 Å². The van der Waals surface area contributed by atoms with Gasteiger partial charge >= 0.3 is 0 Å². The number of ketones is 1. The molecule has 5 fully saturated rings. The van der Waals surface area contributed by atoms with Gasteiger partial charge in [0, 0.05) is 47.7 Å². The van der Waals surface area contributed by atoms with Crippen LogP contribution in [0.4, 0.5) is 0 Å². The van der Waals surface area contributed by atoms with Gasteiger partial charge in [0.05, 0.1) is 50.5 Å². The molecule has 0 bridgehead atoms. The molecule has 0 aromatic rings. The normalized spacial score (nSPS) is 35.1. The SMILES string of the molecule is CC[Si](CC)(CC)O[C@H]([C@@H]1CSC[C@@H]([C@H](O)[C@H]2CSCCC23OCCO3)C1=O)[C@H]1CSCCC12OCCO2. The number of ether oxygens (including phenoxy) is 4. The summed E-state index contributed by atoms with van der Waals surface area (Å²) in [4.78, 5) is 14.4. The van der Waals surface area contributed by atoms with Crippen molar-refractivity contribution in [1.29, 1.82) is 0 Å². The smallest absolute Gasteiger partial charge is 0.192 e. The topological polar surface area (TPSA) is 83.5 Å². The highest BCUT2D eigenvalue weighted by molar-refractivity contribution is 7.99. The summed E-state index contributed by atoms with van der Waals surface area (Å²) in [5.74, 6) is 2.76. The third-order valence-electron chi connectivity index (χ3n) is 9.73. The van der Waals surface area contributed by atoms with Crippen molar-refractivity contribution in [2.24, 2.45) is 23.7 Å². The van der Waals surface area contributed by atoms with Crippen LogP contribution in [0, 0.1) is 23.7 Å². The first-order chi connectivity index (χ1) is 18.4. The molecule has 0 amide bonds. The molecule has 0 saturated carbocycles. The third-order valence-corrected chi connectivity index (χ3v) is 17.7. The van der Waals surface area contributed by atoms with Gasteiger partial charge in [0.15, 0.2) is 19.9 Å². The summed E-state index contributed by atoms with van der Waals surface area (Å²) < 4.78 is 32.2. The maximum absolute atomic E-state index is 14.4. The van der Waals surface area contributed by atoms with Crippen molar-refractivity contribution >= 4 is 49.4 Å². The minimum Gasteiger partial charge on any atom is -0.413 e. The van der Waals surface area contributed by atoms with Gasteiger partial charge in [0.25, 0.3) is 0 Å². The van der Waals surface area contributed by atoms with Crippen molar-refractivity contribution in [2.75, 3.05) is 60.9 Å². The molecule has 0 unspecified atom stereocenters. The average molecular weight is 607 g/mol. The monoisotopic (exact) mass is 606 g/mol. The van der Waals surface area contributed by atoms with Crippen LogP contribution in [0.1, 0.15) is 33.6 Å². The van der Waals surface area contributed by atoms with Crippen molar-refractivity contribution in [2.45, 2.75) is 75.5 Å². The fourth-order valence-corrected chi connectivity index (χ4v) is 14.0. The maximum atomic E-state index is 14.4. The van der Waals surface area contributed by atoms with Crippen LogP contribution in [0.5, 0.6) is 0 Å². The van der Waals surface area contributed by atoms with E-state index in [0.717, 1.165) is 59.7 Å². The summed E-state index contributed by atoms with van der Waals surface area (Å²) in [6, 6.07) is 3.09. The van der Waals surface area contributed by atoms with Crippen molar-refractivity contribution in [3.63, 3.8) is 0 Å². The van der Waals surface area contributed by atoms with E-state index in [9.17, 15) is 9.90 Å². The molecule has 5 rings (SSSR count). The average Bonchev–Trinajstić information content (AvgIpc) is 3.61. The minimum atomic E-state index is -2.04. The number of Topliss-reactive ketones (excluding diaryl/α,β-unsaturated/α-hetero) is 1. The number of carbonyl (C=O) groups is 1. The predicted octanol–water partition coefficient (Wildman–Crippen LogP) is 4.28. The van der Waals surface area contributed by atoms with E-state index in [1.165, 1.54) is 0 Å². The van der Waals surface area contributed by atoms with E-state index in [1.807, 2.05) is 23.5 Å². The van der Waals surface area contributed by atoms with Crippen LogP contribution in [-0.2, 0) is 28.2 Å². The Kier molecular flexibility index (Phi) is 10.3. The van der Waals surface area contributed by atoms with Gasteiger partial charge in [-0.25, -0.2) is 0 Å². The van der Waals surface area contributed by atoms with Gasteiger partial charge in [-0.2, -0.15) is 35.3 Å². The summed E-state index contributed by atoms with van der Waals surface area (Å²) in [6.45, 7) is 9.05. The Morgan fingerprint density at radius 1 is 0.816 bits per heavy atom. The van der Waals surface area contributed by atoms with E-state index in [-0.39, 0.29) is 29.6 Å². The van der Waals surface area contributed by atoms with Gasteiger partial charge < -0.3 is 28.5 Å². The molecule has 0 aromatic heterocycles. The van der Waals surface area contributed by atoms with E-state index < -0.39 is 31.9 Å². The Morgan fingerprint density at radius 3 is 1.87 bits per heavy atom. The van der Waals surface area contributed by atoms with E-state index >= 15 is 0 Å². The second-order valence-corrected chi connectivity index (χ2v) is 19.4. The molecule has 5 heterocycles. The molecule has 5 aliphatic heterocycles. The Balaban J connectivity index is 1.44. The zero-order valence-electron chi connectivity index (χ0n) is 23.2. The molecule has 38 heavy (non-hydrogen) atoms. The third kappa shape index (κ3) is 5.68. The van der Waals surface area contributed by atoms with Crippen LogP contribution < -0.4 is 0 Å². The van der Waals surface area contributed by atoms with Crippen LogP contribution in [-0.4, -0.2) is 104 Å². The summed E-state index contributed by atoms with van der Waals surface area (Å²) >= 11 is 5.53. The second-order valence-electron chi connectivity index (χ2n) is 11.3. The summed E-state index contributed by atoms with van der Waals surface area (Å²) in [6.07, 6.45) is 0.550. The number of carbonyl (C=O) groups excluding carboxylic acids is 1. The van der Waals surface area contributed by atoms with Gasteiger partial charge in [-0.05, 0) is 29.6 Å². The molecule has 0 radical (unpaired) electrons. The zero-order valence-corrected chi connectivity index (χ0v) is 26.6. The Hall–Kier alpha value is 0.697. The van der Waals surface area contributed by atoms with Crippen LogP contribution >= 0.6 is 35.3 Å². The Labute approximate surface area is 242 Å². The molecule has 7 nitrogen and oxygen atoms in total. The predicted molar refractivity (Wildman–Crippen MR) is 158 cm³/mol. The second kappa shape index (κ2) is 12.9. The number of thioether (sulfide) groups is 3. The first-order valence-electron chi connectivity index (χ1n) is 14.6. The van der Waals surface area contributed by atoms with E-state index in [2.05, 4.69) is 20.8 Å². The van der Waals surface area contributed by atoms with Crippen LogP contribution in [0.3, 0.4) is 0 Å². The number of aliphatic hydroxyl groups is 1. The van der Waals surface area contributed by atoms with Crippen molar-refractivity contribution in [1.82, 2.24) is 0 Å². The molecule has 2 spiro atoms. The van der Waals surface area contributed by atoms with Crippen LogP contribution in [0.2, 0.25) is 18.1 Å². The highest BCUT2D eigenvalue weighted by Crippen LogP contribution is 2.48. The fourth-order valence-electron chi connectivity index (χ4n) is 7.13. The van der Waals surface area contributed by atoms with E-state index in [0.29, 0.717) is 32.2 Å². The number of hydrogen-bond acceptors (Lipinski definition) is 10. The van der Waals surface area contributed by atoms with Crippen LogP contribution in [0.25, 0.3) is 0 Å². The number of aliphatic hydroxyl groups excluding tert-OH is 1.